The van der Waals surface area contributed by atoms with Crippen molar-refractivity contribution >= 4 is 11.6 Å². The lowest BCUT2D eigenvalue weighted by atomic mass is 9.89. The molecule has 2 unspecified atom stereocenters. The Bertz CT molecular complexity index is 591. The summed E-state index contributed by atoms with van der Waals surface area (Å²) in [5.74, 6) is 1.61. The van der Waals surface area contributed by atoms with E-state index in [4.69, 9.17) is 10.7 Å². The summed E-state index contributed by atoms with van der Waals surface area (Å²) in [5, 5.41) is 4.62. The highest BCUT2D eigenvalue weighted by Gasteiger charge is 2.29. The second kappa shape index (κ2) is 5.40. The highest BCUT2D eigenvalue weighted by atomic mass is 15.4. The van der Waals surface area contributed by atoms with E-state index in [0.29, 0.717) is 12.6 Å². The van der Waals surface area contributed by atoms with Gasteiger partial charge in [-0.05, 0) is 37.3 Å². The molecule has 1 saturated heterocycles. The van der Waals surface area contributed by atoms with Crippen molar-refractivity contribution in [1.29, 1.82) is 0 Å². The van der Waals surface area contributed by atoms with E-state index in [2.05, 4.69) is 29.9 Å². The number of aryl methyl sites for hydroxylation is 1. The van der Waals surface area contributed by atoms with Gasteiger partial charge in [0.2, 0.25) is 5.95 Å². The van der Waals surface area contributed by atoms with E-state index < -0.39 is 0 Å². The molecule has 3 rings (SSSR count). The van der Waals surface area contributed by atoms with Gasteiger partial charge in [0.05, 0.1) is 0 Å². The van der Waals surface area contributed by atoms with Crippen LogP contribution in [0.1, 0.15) is 31.7 Å². The molecular weight excluding hydrogens is 250 g/mol. The SMILES string of the molecule is CCC1CCN(c2nc3c(C)cccn3n2)C(CN)C1. The van der Waals surface area contributed by atoms with Gasteiger partial charge in [0, 0.05) is 25.3 Å². The number of hydrogen-bond donors (Lipinski definition) is 1. The predicted molar refractivity (Wildman–Crippen MR) is 80.9 cm³/mol. The average molecular weight is 273 g/mol. The molecule has 1 aliphatic heterocycles. The van der Waals surface area contributed by atoms with Gasteiger partial charge in [-0.2, -0.15) is 4.98 Å². The summed E-state index contributed by atoms with van der Waals surface area (Å²) >= 11 is 0. The Morgan fingerprint density at radius 3 is 3.00 bits per heavy atom. The molecule has 0 radical (unpaired) electrons. The minimum Gasteiger partial charge on any atom is -0.335 e. The first-order valence-electron chi connectivity index (χ1n) is 7.51. The maximum absolute atomic E-state index is 5.97. The minimum absolute atomic E-state index is 0.367. The number of aromatic nitrogens is 3. The molecule has 108 valence electrons. The molecule has 5 heteroatoms. The van der Waals surface area contributed by atoms with Crippen molar-refractivity contribution in [3.63, 3.8) is 0 Å². The molecule has 20 heavy (non-hydrogen) atoms. The smallest absolute Gasteiger partial charge is 0.245 e. The summed E-state index contributed by atoms with van der Waals surface area (Å²) in [6.45, 7) is 6.01. The number of pyridine rings is 1. The van der Waals surface area contributed by atoms with Crippen LogP contribution in [0, 0.1) is 12.8 Å². The van der Waals surface area contributed by atoms with Crippen LogP contribution in [0.4, 0.5) is 5.95 Å². The van der Waals surface area contributed by atoms with E-state index in [-0.39, 0.29) is 0 Å². The zero-order chi connectivity index (χ0) is 14.1. The van der Waals surface area contributed by atoms with Crippen LogP contribution in [0.3, 0.4) is 0 Å². The van der Waals surface area contributed by atoms with Crippen LogP contribution in [0.5, 0.6) is 0 Å². The van der Waals surface area contributed by atoms with E-state index in [1.165, 1.54) is 12.8 Å². The number of nitrogens with two attached hydrogens (primary N) is 1. The molecule has 1 fully saturated rings. The average Bonchev–Trinajstić information content (AvgIpc) is 2.92. The number of fused-ring (bicyclic) bond motifs is 1. The zero-order valence-electron chi connectivity index (χ0n) is 12.3. The van der Waals surface area contributed by atoms with Crippen molar-refractivity contribution < 1.29 is 0 Å². The van der Waals surface area contributed by atoms with Crippen LogP contribution in [-0.4, -0.2) is 33.7 Å². The van der Waals surface area contributed by atoms with E-state index >= 15 is 0 Å². The molecule has 0 saturated carbocycles. The maximum atomic E-state index is 5.97. The number of nitrogens with zero attached hydrogens (tertiary/aromatic N) is 4. The first-order chi connectivity index (χ1) is 9.72. The van der Waals surface area contributed by atoms with Gasteiger partial charge in [0.25, 0.3) is 0 Å². The van der Waals surface area contributed by atoms with Crippen molar-refractivity contribution in [2.75, 3.05) is 18.0 Å². The molecule has 5 nitrogen and oxygen atoms in total. The monoisotopic (exact) mass is 273 g/mol. The fourth-order valence-electron chi connectivity index (χ4n) is 3.14. The van der Waals surface area contributed by atoms with Crippen molar-refractivity contribution in [2.24, 2.45) is 11.7 Å². The van der Waals surface area contributed by atoms with E-state index in [1.54, 1.807) is 0 Å². The van der Waals surface area contributed by atoms with Crippen LogP contribution in [0.25, 0.3) is 5.65 Å². The fraction of sp³-hybridized carbons (Fsp3) is 0.600. The number of hydrogen-bond acceptors (Lipinski definition) is 4. The Morgan fingerprint density at radius 1 is 1.45 bits per heavy atom. The van der Waals surface area contributed by atoms with Gasteiger partial charge in [-0.15, -0.1) is 5.10 Å². The molecule has 0 aliphatic carbocycles. The zero-order valence-corrected chi connectivity index (χ0v) is 12.3. The van der Waals surface area contributed by atoms with Gasteiger partial charge in [0.1, 0.15) is 0 Å². The van der Waals surface area contributed by atoms with Gasteiger partial charge >= 0.3 is 0 Å². The minimum atomic E-state index is 0.367. The molecule has 2 aromatic rings. The Hall–Kier alpha value is -1.62. The lowest BCUT2D eigenvalue weighted by Crippen LogP contribution is -2.47. The van der Waals surface area contributed by atoms with Gasteiger partial charge < -0.3 is 10.6 Å². The molecule has 0 bridgehead atoms. The Labute approximate surface area is 119 Å². The number of piperidine rings is 1. The van der Waals surface area contributed by atoms with Crippen LogP contribution in [0.2, 0.25) is 0 Å². The third-order valence-electron chi connectivity index (χ3n) is 4.48. The summed E-state index contributed by atoms with van der Waals surface area (Å²) < 4.78 is 1.87. The summed E-state index contributed by atoms with van der Waals surface area (Å²) in [5.41, 5.74) is 8.06. The van der Waals surface area contributed by atoms with Gasteiger partial charge in [-0.1, -0.05) is 19.4 Å². The number of rotatable bonds is 3. The topological polar surface area (TPSA) is 59.5 Å². The molecule has 3 heterocycles. The summed E-state index contributed by atoms with van der Waals surface area (Å²) in [6.07, 6.45) is 5.56. The summed E-state index contributed by atoms with van der Waals surface area (Å²) in [6, 6.07) is 4.44. The molecule has 2 aromatic heterocycles. The molecule has 0 amide bonds. The van der Waals surface area contributed by atoms with Crippen LogP contribution in [0.15, 0.2) is 18.3 Å². The lowest BCUT2D eigenvalue weighted by Gasteiger charge is -2.38. The van der Waals surface area contributed by atoms with Crippen LogP contribution in [-0.2, 0) is 0 Å². The van der Waals surface area contributed by atoms with Crippen molar-refractivity contribution in [2.45, 2.75) is 39.2 Å². The van der Waals surface area contributed by atoms with Crippen LogP contribution >= 0.6 is 0 Å². The summed E-state index contributed by atoms with van der Waals surface area (Å²) in [4.78, 5) is 7.00. The second-order valence-corrected chi connectivity index (χ2v) is 5.75. The molecule has 2 N–H and O–H groups in total. The van der Waals surface area contributed by atoms with Gasteiger partial charge in [0.15, 0.2) is 5.65 Å². The quantitative estimate of drug-likeness (QED) is 0.929. The summed E-state index contributed by atoms with van der Waals surface area (Å²) in [7, 11) is 0. The van der Waals surface area contributed by atoms with Gasteiger partial charge in [-0.3, -0.25) is 0 Å². The fourth-order valence-corrected chi connectivity index (χ4v) is 3.14. The largest absolute Gasteiger partial charge is 0.335 e. The first-order valence-corrected chi connectivity index (χ1v) is 7.51. The maximum Gasteiger partial charge on any atom is 0.245 e. The molecule has 2 atom stereocenters. The standard InChI is InChI=1S/C15H23N5/c1-3-12-6-8-19(13(9-12)10-16)15-17-14-11(2)5-4-7-20(14)18-15/h4-5,7,12-13H,3,6,8-10,16H2,1-2H3. The lowest BCUT2D eigenvalue weighted by molar-refractivity contribution is 0.333. The number of anilines is 1. The highest BCUT2D eigenvalue weighted by Crippen LogP contribution is 2.28. The molecular formula is C15H23N5. The second-order valence-electron chi connectivity index (χ2n) is 5.75. The Kier molecular flexibility index (Phi) is 3.61. The Balaban J connectivity index is 1.91. The Morgan fingerprint density at radius 2 is 2.30 bits per heavy atom. The van der Waals surface area contributed by atoms with Crippen molar-refractivity contribution in [3.8, 4) is 0 Å². The molecule has 0 aromatic carbocycles. The first kappa shape index (κ1) is 13.4. The third kappa shape index (κ3) is 2.26. The highest BCUT2D eigenvalue weighted by molar-refractivity contribution is 5.51. The van der Waals surface area contributed by atoms with Crippen molar-refractivity contribution in [3.05, 3.63) is 23.9 Å². The van der Waals surface area contributed by atoms with E-state index in [0.717, 1.165) is 36.0 Å². The van der Waals surface area contributed by atoms with Crippen molar-refractivity contribution in [1.82, 2.24) is 14.6 Å². The predicted octanol–water partition coefficient (Wildman–Crippen LogP) is 1.99. The molecule has 0 spiro atoms. The van der Waals surface area contributed by atoms with Gasteiger partial charge in [-0.25, -0.2) is 4.52 Å². The van der Waals surface area contributed by atoms with E-state index in [1.807, 2.05) is 16.8 Å². The third-order valence-corrected chi connectivity index (χ3v) is 4.48. The van der Waals surface area contributed by atoms with E-state index in [9.17, 15) is 0 Å². The molecule has 1 aliphatic rings. The van der Waals surface area contributed by atoms with Crippen LogP contribution < -0.4 is 10.6 Å². The normalized spacial score (nSPS) is 23.4.